The van der Waals surface area contributed by atoms with E-state index in [1.165, 1.54) is 17.0 Å². The van der Waals surface area contributed by atoms with Crippen LogP contribution in [0, 0.1) is 12.7 Å². The van der Waals surface area contributed by atoms with Crippen molar-refractivity contribution in [2.24, 2.45) is 0 Å². The van der Waals surface area contributed by atoms with Gasteiger partial charge in [0.15, 0.2) is 18.2 Å². The maximum atomic E-state index is 13.7. The highest BCUT2D eigenvalue weighted by atomic mass is 19.1. The Hall–Kier alpha value is -2.89. The van der Waals surface area contributed by atoms with Gasteiger partial charge in [-0.2, -0.15) is 0 Å². The summed E-state index contributed by atoms with van der Waals surface area (Å²) in [4.78, 5) is 26.5. The Balaban J connectivity index is 2.15. The number of carbonyl (C=O) groups is 2. The zero-order chi connectivity index (χ0) is 19.8. The van der Waals surface area contributed by atoms with Crippen molar-refractivity contribution in [3.63, 3.8) is 0 Å². The molecule has 0 radical (unpaired) electrons. The van der Waals surface area contributed by atoms with Crippen LogP contribution < -0.4 is 10.1 Å². The normalized spacial score (nSPS) is 11.6. The van der Waals surface area contributed by atoms with Gasteiger partial charge in [-0.05, 0) is 38.5 Å². The molecule has 2 aromatic carbocycles. The zero-order valence-electron chi connectivity index (χ0n) is 15.9. The van der Waals surface area contributed by atoms with Crippen molar-refractivity contribution in [1.82, 2.24) is 10.2 Å². The minimum atomic E-state index is -0.679. The fourth-order valence-corrected chi connectivity index (χ4v) is 2.70. The highest BCUT2D eigenvalue weighted by Crippen LogP contribution is 2.16. The summed E-state index contributed by atoms with van der Waals surface area (Å²) >= 11 is 0. The van der Waals surface area contributed by atoms with Crippen molar-refractivity contribution in [2.75, 3.05) is 13.2 Å². The van der Waals surface area contributed by atoms with Crippen LogP contribution in [0.5, 0.6) is 5.75 Å². The van der Waals surface area contributed by atoms with E-state index in [-0.39, 0.29) is 24.8 Å². The van der Waals surface area contributed by atoms with Gasteiger partial charge in [-0.3, -0.25) is 9.59 Å². The van der Waals surface area contributed by atoms with Crippen molar-refractivity contribution in [1.29, 1.82) is 0 Å². The molecule has 0 saturated carbocycles. The Bertz CT molecular complexity index is 795. The van der Waals surface area contributed by atoms with Crippen molar-refractivity contribution in [3.8, 4) is 5.75 Å². The standard InChI is InChI=1S/C21H25FN2O3/c1-4-23-21(26)16(3)24(13-17-9-7-8-15(2)12-17)20(25)14-27-19-11-6-5-10-18(19)22/h5-12,16H,4,13-14H2,1-3H3,(H,23,26)/t16-/m1/s1. The second kappa shape index (κ2) is 9.71. The summed E-state index contributed by atoms with van der Waals surface area (Å²) in [5.41, 5.74) is 1.97. The fourth-order valence-electron chi connectivity index (χ4n) is 2.70. The number of nitrogens with one attached hydrogen (secondary N) is 1. The number of likely N-dealkylation sites (N-methyl/N-ethyl adjacent to an activating group) is 1. The minimum absolute atomic E-state index is 0.00650. The molecule has 6 heteroatoms. The van der Waals surface area contributed by atoms with Crippen molar-refractivity contribution >= 4 is 11.8 Å². The minimum Gasteiger partial charge on any atom is -0.481 e. The number of hydrogen-bond donors (Lipinski definition) is 1. The maximum Gasteiger partial charge on any atom is 0.261 e. The van der Waals surface area contributed by atoms with Crippen molar-refractivity contribution < 1.29 is 18.7 Å². The zero-order valence-corrected chi connectivity index (χ0v) is 15.9. The first kappa shape index (κ1) is 20.4. The molecule has 0 aliphatic heterocycles. The number of ether oxygens (including phenoxy) is 1. The molecule has 1 N–H and O–H groups in total. The first-order valence-corrected chi connectivity index (χ1v) is 8.92. The quantitative estimate of drug-likeness (QED) is 0.775. The molecule has 0 fully saturated rings. The number of benzene rings is 2. The average Bonchev–Trinajstić information content (AvgIpc) is 2.65. The number of aryl methyl sites for hydroxylation is 1. The third-order valence-electron chi connectivity index (χ3n) is 4.14. The average molecular weight is 372 g/mol. The van der Waals surface area contributed by atoms with E-state index in [2.05, 4.69) is 5.32 Å². The summed E-state index contributed by atoms with van der Waals surface area (Å²) in [6, 6.07) is 12.9. The van der Waals surface area contributed by atoms with Gasteiger partial charge in [0.05, 0.1) is 0 Å². The van der Waals surface area contributed by atoms with Gasteiger partial charge in [0, 0.05) is 13.1 Å². The largest absolute Gasteiger partial charge is 0.481 e. The molecular weight excluding hydrogens is 347 g/mol. The Kier molecular flexibility index (Phi) is 7.34. The molecule has 0 spiro atoms. The van der Waals surface area contributed by atoms with E-state index in [1.54, 1.807) is 19.1 Å². The SMILES string of the molecule is CCNC(=O)[C@@H](C)N(Cc1cccc(C)c1)C(=O)COc1ccccc1F. The number of halogens is 1. The lowest BCUT2D eigenvalue weighted by Crippen LogP contribution is -2.49. The Morgan fingerprint density at radius 3 is 2.59 bits per heavy atom. The van der Waals surface area contributed by atoms with E-state index in [4.69, 9.17) is 4.74 Å². The van der Waals surface area contributed by atoms with Gasteiger partial charge >= 0.3 is 0 Å². The molecule has 0 aromatic heterocycles. The maximum absolute atomic E-state index is 13.7. The van der Waals surface area contributed by atoms with Crippen molar-refractivity contribution in [3.05, 3.63) is 65.5 Å². The molecule has 2 amide bonds. The molecule has 144 valence electrons. The van der Waals surface area contributed by atoms with E-state index < -0.39 is 17.8 Å². The summed E-state index contributed by atoms with van der Waals surface area (Å²) in [6.45, 7) is 5.84. The summed E-state index contributed by atoms with van der Waals surface area (Å²) in [5, 5.41) is 2.73. The predicted octanol–water partition coefficient (Wildman–Crippen LogP) is 3.07. The monoisotopic (exact) mass is 372 g/mol. The molecule has 0 bridgehead atoms. The van der Waals surface area contributed by atoms with Gasteiger partial charge in [-0.1, -0.05) is 42.0 Å². The van der Waals surface area contributed by atoms with Crippen LogP contribution in [-0.2, 0) is 16.1 Å². The van der Waals surface area contributed by atoms with Gasteiger partial charge in [0.25, 0.3) is 5.91 Å². The predicted molar refractivity (Wildman–Crippen MR) is 102 cm³/mol. The van der Waals surface area contributed by atoms with Crippen LogP contribution in [0.3, 0.4) is 0 Å². The Morgan fingerprint density at radius 2 is 1.93 bits per heavy atom. The third-order valence-corrected chi connectivity index (χ3v) is 4.14. The molecule has 5 nitrogen and oxygen atoms in total. The second-order valence-corrected chi connectivity index (χ2v) is 6.30. The van der Waals surface area contributed by atoms with Gasteiger partial charge in [0.2, 0.25) is 5.91 Å². The number of para-hydroxylation sites is 1. The van der Waals surface area contributed by atoms with Gasteiger partial charge < -0.3 is 15.0 Å². The van der Waals surface area contributed by atoms with Crippen LogP contribution in [0.2, 0.25) is 0 Å². The summed E-state index contributed by atoms with van der Waals surface area (Å²) in [6.07, 6.45) is 0. The summed E-state index contributed by atoms with van der Waals surface area (Å²) in [7, 11) is 0. The van der Waals surface area contributed by atoms with Gasteiger partial charge in [0.1, 0.15) is 6.04 Å². The summed E-state index contributed by atoms with van der Waals surface area (Å²) < 4.78 is 19.0. The number of amides is 2. The lowest BCUT2D eigenvalue weighted by molar-refractivity contribution is -0.142. The van der Waals surface area contributed by atoms with Gasteiger partial charge in [-0.25, -0.2) is 4.39 Å². The molecule has 27 heavy (non-hydrogen) atoms. The van der Waals surface area contributed by atoms with E-state index in [1.807, 2.05) is 38.1 Å². The number of rotatable bonds is 8. The van der Waals surface area contributed by atoms with Crippen LogP contribution >= 0.6 is 0 Å². The molecular formula is C21H25FN2O3. The number of carbonyl (C=O) groups excluding carboxylic acids is 2. The molecule has 1 atom stereocenters. The van der Waals surface area contributed by atoms with Crippen LogP contribution in [0.25, 0.3) is 0 Å². The van der Waals surface area contributed by atoms with E-state index in [0.717, 1.165) is 11.1 Å². The second-order valence-electron chi connectivity index (χ2n) is 6.30. The van der Waals surface area contributed by atoms with Crippen LogP contribution in [0.1, 0.15) is 25.0 Å². The van der Waals surface area contributed by atoms with Crippen LogP contribution in [-0.4, -0.2) is 35.9 Å². The van der Waals surface area contributed by atoms with E-state index in [9.17, 15) is 14.0 Å². The topological polar surface area (TPSA) is 58.6 Å². The molecule has 2 aromatic rings. The molecule has 0 aliphatic rings. The summed E-state index contributed by atoms with van der Waals surface area (Å²) in [5.74, 6) is -1.16. The molecule has 0 heterocycles. The third kappa shape index (κ3) is 5.81. The first-order valence-electron chi connectivity index (χ1n) is 8.92. The van der Waals surface area contributed by atoms with Gasteiger partial charge in [-0.15, -0.1) is 0 Å². The Morgan fingerprint density at radius 1 is 1.19 bits per heavy atom. The Labute approximate surface area is 159 Å². The smallest absolute Gasteiger partial charge is 0.261 e. The van der Waals surface area contributed by atoms with Crippen LogP contribution in [0.4, 0.5) is 4.39 Å². The van der Waals surface area contributed by atoms with Crippen LogP contribution in [0.15, 0.2) is 48.5 Å². The molecule has 0 saturated heterocycles. The lowest BCUT2D eigenvalue weighted by atomic mass is 10.1. The lowest BCUT2D eigenvalue weighted by Gasteiger charge is -2.28. The molecule has 0 aliphatic carbocycles. The highest BCUT2D eigenvalue weighted by molar-refractivity contribution is 5.87. The fraction of sp³-hybridized carbons (Fsp3) is 0.333. The van der Waals surface area contributed by atoms with E-state index in [0.29, 0.717) is 6.54 Å². The highest BCUT2D eigenvalue weighted by Gasteiger charge is 2.26. The van der Waals surface area contributed by atoms with Crippen molar-refractivity contribution in [2.45, 2.75) is 33.4 Å². The number of nitrogens with zero attached hydrogens (tertiary/aromatic N) is 1. The first-order chi connectivity index (χ1) is 12.9. The number of hydrogen-bond acceptors (Lipinski definition) is 3. The van der Waals surface area contributed by atoms with E-state index >= 15 is 0 Å². The molecule has 2 rings (SSSR count). The molecule has 0 unspecified atom stereocenters.